The monoisotopic (exact) mass is 354 g/mol. The van der Waals surface area contributed by atoms with Crippen molar-refractivity contribution in [3.05, 3.63) is 35.2 Å². The van der Waals surface area contributed by atoms with Gasteiger partial charge in [0.25, 0.3) is 5.91 Å². The molecule has 2 fully saturated rings. The van der Waals surface area contributed by atoms with Crippen LogP contribution in [0.3, 0.4) is 0 Å². The lowest BCUT2D eigenvalue weighted by Crippen LogP contribution is -2.46. The Balaban J connectivity index is 1.47. The molecule has 1 saturated heterocycles. The van der Waals surface area contributed by atoms with Gasteiger partial charge in [-0.2, -0.15) is 0 Å². The molecular weight excluding hydrogens is 336 g/mol. The summed E-state index contributed by atoms with van der Waals surface area (Å²) in [7, 11) is 0. The first-order valence-electron chi connectivity index (χ1n) is 8.50. The first kappa shape index (κ1) is 14.8. The minimum absolute atomic E-state index is 0.0649. The van der Waals surface area contributed by atoms with Crippen molar-refractivity contribution in [1.29, 1.82) is 0 Å². The highest BCUT2D eigenvalue weighted by atomic mass is 32.1. The molecule has 7 nitrogen and oxygen atoms in total. The number of rotatable bonds is 2. The second kappa shape index (κ2) is 5.52. The van der Waals surface area contributed by atoms with Gasteiger partial charge in [0.2, 0.25) is 0 Å². The Kier molecular flexibility index (Phi) is 3.27. The van der Waals surface area contributed by atoms with Crippen molar-refractivity contribution in [3.8, 4) is 0 Å². The summed E-state index contributed by atoms with van der Waals surface area (Å²) in [6, 6.07) is 2.02. The molecule has 1 spiro atoms. The maximum Gasteiger partial charge on any atom is 0.273 e. The van der Waals surface area contributed by atoms with E-state index in [2.05, 4.69) is 29.7 Å². The number of carbonyl (C=O) groups excluding carboxylic acids is 1. The number of hydrogen-bond donors (Lipinski definition) is 1. The Morgan fingerprint density at radius 1 is 1.24 bits per heavy atom. The Bertz CT molecular complexity index is 916. The van der Waals surface area contributed by atoms with Crippen LogP contribution in [0, 0.1) is 0 Å². The second-order valence-electron chi connectivity index (χ2n) is 6.77. The standard InChI is InChI=1S/C17H18N6OS/c24-16(13-8-25-11-21-13)23-7-1-6-22(9-17(23)3-4-17)15-12-2-5-18-14(12)19-10-20-15/h2,5,8,10-11H,1,3-4,6-7,9H2,(H,18,19,20). The zero-order valence-corrected chi connectivity index (χ0v) is 14.5. The molecule has 1 saturated carbocycles. The van der Waals surface area contributed by atoms with Gasteiger partial charge >= 0.3 is 0 Å². The van der Waals surface area contributed by atoms with Crippen LogP contribution in [0.1, 0.15) is 29.8 Å². The predicted octanol–water partition coefficient (Wildman–Crippen LogP) is 2.30. The third-order valence-electron chi connectivity index (χ3n) is 5.22. The number of nitrogens with one attached hydrogen (secondary N) is 1. The molecule has 128 valence electrons. The Morgan fingerprint density at radius 3 is 2.96 bits per heavy atom. The number of nitrogens with zero attached hydrogens (tertiary/aromatic N) is 5. The van der Waals surface area contributed by atoms with E-state index in [0.717, 1.165) is 55.7 Å². The summed E-state index contributed by atoms with van der Waals surface area (Å²) in [6.45, 7) is 2.48. The van der Waals surface area contributed by atoms with E-state index in [9.17, 15) is 4.79 Å². The van der Waals surface area contributed by atoms with Crippen molar-refractivity contribution in [2.45, 2.75) is 24.8 Å². The smallest absolute Gasteiger partial charge is 0.273 e. The van der Waals surface area contributed by atoms with Crippen molar-refractivity contribution < 1.29 is 4.79 Å². The number of thiazole rings is 1. The molecule has 0 aromatic carbocycles. The van der Waals surface area contributed by atoms with Gasteiger partial charge in [-0.25, -0.2) is 15.0 Å². The van der Waals surface area contributed by atoms with Gasteiger partial charge in [-0.15, -0.1) is 11.3 Å². The van der Waals surface area contributed by atoms with Crippen molar-refractivity contribution in [1.82, 2.24) is 24.8 Å². The molecule has 3 aromatic rings. The first-order valence-corrected chi connectivity index (χ1v) is 9.44. The second-order valence-corrected chi connectivity index (χ2v) is 7.49. The number of aromatic amines is 1. The van der Waals surface area contributed by atoms with E-state index in [1.165, 1.54) is 11.3 Å². The average molecular weight is 354 g/mol. The molecule has 1 aliphatic carbocycles. The predicted molar refractivity (Wildman–Crippen MR) is 95.8 cm³/mol. The van der Waals surface area contributed by atoms with E-state index in [4.69, 9.17) is 0 Å². The Morgan fingerprint density at radius 2 is 2.16 bits per heavy atom. The quantitative estimate of drug-likeness (QED) is 0.764. The maximum absolute atomic E-state index is 12.9. The van der Waals surface area contributed by atoms with E-state index >= 15 is 0 Å². The molecule has 1 amide bonds. The summed E-state index contributed by atoms with van der Waals surface area (Å²) < 4.78 is 0. The van der Waals surface area contributed by atoms with Gasteiger partial charge in [0.05, 0.1) is 16.4 Å². The first-order chi connectivity index (χ1) is 12.3. The summed E-state index contributed by atoms with van der Waals surface area (Å²) in [6.07, 6.45) is 6.51. The number of amides is 1. The van der Waals surface area contributed by atoms with Gasteiger partial charge in [0.15, 0.2) is 0 Å². The van der Waals surface area contributed by atoms with Gasteiger partial charge in [0, 0.05) is 31.2 Å². The summed E-state index contributed by atoms with van der Waals surface area (Å²) in [5.74, 6) is 1.02. The molecule has 8 heteroatoms. The normalized spacial score (nSPS) is 19.4. The molecule has 4 heterocycles. The minimum Gasteiger partial charge on any atom is -0.354 e. The molecular formula is C17H18N6OS. The summed E-state index contributed by atoms with van der Waals surface area (Å²) in [5, 5.41) is 2.88. The van der Waals surface area contributed by atoms with Gasteiger partial charge < -0.3 is 14.8 Å². The third-order valence-corrected chi connectivity index (χ3v) is 5.81. The lowest BCUT2D eigenvalue weighted by atomic mass is 10.2. The molecule has 1 N–H and O–H groups in total. The summed E-state index contributed by atoms with van der Waals surface area (Å²) in [5.41, 5.74) is 3.07. The number of aromatic nitrogens is 4. The zero-order chi connectivity index (χ0) is 16.9. The lowest BCUT2D eigenvalue weighted by Gasteiger charge is -2.32. The van der Waals surface area contributed by atoms with Crippen LogP contribution in [-0.2, 0) is 0 Å². The SMILES string of the molecule is O=C(c1cscn1)N1CCCN(c2ncnc3[nH]ccc23)CC12CC2. The molecule has 0 atom stereocenters. The van der Waals surface area contributed by atoms with Crippen LogP contribution in [0.15, 0.2) is 29.5 Å². The lowest BCUT2D eigenvalue weighted by molar-refractivity contribution is 0.0664. The highest BCUT2D eigenvalue weighted by molar-refractivity contribution is 7.07. The van der Waals surface area contributed by atoms with Crippen LogP contribution in [-0.4, -0.2) is 55.9 Å². The summed E-state index contributed by atoms with van der Waals surface area (Å²) in [4.78, 5) is 33.5. The van der Waals surface area contributed by atoms with E-state index in [1.54, 1.807) is 11.8 Å². The average Bonchev–Trinajstić information content (AvgIpc) is 3.05. The fourth-order valence-corrected chi connectivity index (χ4v) is 4.34. The number of hydrogen-bond acceptors (Lipinski definition) is 6. The molecule has 5 rings (SSSR count). The Labute approximate surface area is 148 Å². The minimum atomic E-state index is -0.0786. The largest absolute Gasteiger partial charge is 0.354 e. The molecule has 0 bridgehead atoms. The molecule has 0 radical (unpaired) electrons. The fraction of sp³-hybridized carbons (Fsp3) is 0.412. The summed E-state index contributed by atoms with van der Waals surface area (Å²) >= 11 is 1.47. The number of anilines is 1. The maximum atomic E-state index is 12.9. The van der Waals surface area contributed by atoms with Crippen LogP contribution >= 0.6 is 11.3 Å². The fourth-order valence-electron chi connectivity index (χ4n) is 3.81. The van der Waals surface area contributed by atoms with Crippen molar-refractivity contribution in [3.63, 3.8) is 0 Å². The van der Waals surface area contributed by atoms with E-state index in [0.29, 0.717) is 5.69 Å². The highest BCUT2D eigenvalue weighted by Gasteiger charge is 2.52. The Hall–Kier alpha value is -2.48. The van der Waals surface area contributed by atoms with E-state index in [1.807, 2.05) is 17.6 Å². The van der Waals surface area contributed by atoms with E-state index < -0.39 is 0 Å². The molecule has 1 aliphatic heterocycles. The van der Waals surface area contributed by atoms with Gasteiger partial charge in [-0.05, 0) is 25.3 Å². The van der Waals surface area contributed by atoms with Crippen molar-refractivity contribution >= 4 is 34.1 Å². The molecule has 2 aliphatic rings. The number of carbonyl (C=O) groups is 1. The molecule has 3 aromatic heterocycles. The number of H-pyrrole nitrogens is 1. The van der Waals surface area contributed by atoms with Crippen LogP contribution < -0.4 is 4.90 Å². The number of fused-ring (bicyclic) bond motifs is 1. The van der Waals surface area contributed by atoms with Crippen LogP contribution in [0.25, 0.3) is 11.0 Å². The van der Waals surface area contributed by atoms with Crippen molar-refractivity contribution in [2.24, 2.45) is 0 Å². The van der Waals surface area contributed by atoms with Crippen LogP contribution in [0.4, 0.5) is 5.82 Å². The third kappa shape index (κ3) is 2.39. The van der Waals surface area contributed by atoms with Crippen molar-refractivity contribution in [2.75, 3.05) is 24.5 Å². The van der Waals surface area contributed by atoms with E-state index in [-0.39, 0.29) is 11.4 Å². The van der Waals surface area contributed by atoms with Crippen LogP contribution in [0.2, 0.25) is 0 Å². The zero-order valence-electron chi connectivity index (χ0n) is 13.7. The van der Waals surface area contributed by atoms with Gasteiger partial charge in [-0.3, -0.25) is 4.79 Å². The van der Waals surface area contributed by atoms with Crippen LogP contribution in [0.5, 0.6) is 0 Å². The van der Waals surface area contributed by atoms with Gasteiger partial charge in [0.1, 0.15) is 23.5 Å². The molecule has 0 unspecified atom stereocenters. The van der Waals surface area contributed by atoms with Gasteiger partial charge in [-0.1, -0.05) is 0 Å². The topological polar surface area (TPSA) is 78.0 Å². The highest BCUT2D eigenvalue weighted by Crippen LogP contribution is 2.45. The molecule has 25 heavy (non-hydrogen) atoms.